The molecule has 0 aromatic heterocycles. The van der Waals surface area contributed by atoms with Gasteiger partial charge >= 0.3 is 0 Å². The SMILES string of the molecule is O=C(CS(=O)(=O)Nc1ccc(N2CCCCC2)cc1)Nc1cccc(C(=O)c2ccccc2)c1. The summed E-state index contributed by atoms with van der Waals surface area (Å²) in [6, 6.07) is 22.4. The first-order valence-corrected chi connectivity index (χ1v) is 12.9. The zero-order valence-corrected chi connectivity index (χ0v) is 19.6. The molecule has 1 aliphatic heterocycles. The molecule has 8 heteroatoms. The maximum Gasteiger partial charge on any atom is 0.241 e. The quantitative estimate of drug-likeness (QED) is 0.472. The fraction of sp³-hybridized carbons (Fsp3) is 0.231. The van der Waals surface area contributed by atoms with Crippen LogP contribution >= 0.6 is 0 Å². The molecule has 2 N–H and O–H groups in total. The summed E-state index contributed by atoms with van der Waals surface area (Å²) in [6.07, 6.45) is 3.56. The molecule has 3 aromatic rings. The number of anilines is 3. The van der Waals surface area contributed by atoms with Crippen LogP contribution in [0, 0.1) is 0 Å². The lowest BCUT2D eigenvalue weighted by molar-refractivity contribution is -0.113. The van der Waals surface area contributed by atoms with E-state index in [4.69, 9.17) is 0 Å². The van der Waals surface area contributed by atoms with Crippen LogP contribution in [0.2, 0.25) is 0 Å². The number of amides is 1. The van der Waals surface area contributed by atoms with Crippen molar-refractivity contribution < 1.29 is 18.0 Å². The molecule has 1 aliphatic rings. The van der Waals surface area contributed by atoms with Crippen LogP contribution in [0.25, 0.3) is 0 Å². The van der Waals surface area contributed by atoms with Crippen molar-refractivity contribution in [1.82, 2.24) is 0 Å². The summed E-state index contributed by atoms with van der Waals surface area (Å²) >= 11 is 0. The van der Waals surface area contributed by atoms with Gasteiger partial charge in [-0.25, -0.2) is 8.42 Å². The molecule has 3 aromatic carbocycles. The monoisotopic (exact) mass is 477 g/mol. The lowest BCUT2D eigenvalue weighted by Gasteiger charge is -2.28. The number of rotatable bonds is 8. The Morgan fingerprint density at radius 2 is 1.44 bits per heavy atom. The molecule has 1 amide bonds. The Balaban J connectivity index is 1.35. The van der Waals surface area contributed by atoms with Gasteiger partial charge in [-0.1, -0.05) is 42.5 Å². The molecule has 0 saturated carbocycles. The summed E-state index contributed by atoms with van der Waals surface area (Å²) < 4.78 is 27.5. The molecule has 1 saturated heterocycles. The molecule has 7 nitrogen and oxygen atoms in total. The minimum atomic E-state index is -3.90. The van der Waals surface area contributed by atoms with Gasteiger partial charge in [-0.3, -0.25) is 14.3 Å². The first-order valence-electron chi connectivity index (χ1n) is 11.2. The van der Waals surface area contributed by atoms with Gasteiger partial charge in [0, 0.05) is 41.3 Å². The summed E-state index contributed by atoms with van der Waals surface area (Å²) in [5, 5.41) is 2.57. The van der Waals surface area contributed by atoms with Crippen molar-refractivity contribution in [2.24, 2.45) is 0 Å². The zero-order chi connectivity index (χ0) is 24.0. The highest BCUT2D eigenvalue weighted by Crippen LogP contribution is 2.22. The van der Waals surface area contributed by atoms with Crippen molar-refractivity contribution in [2.75, 3.05) is 33.8 Å². The Morgan fingerprint density at radius 1 is 0.765 bits per heavy atom. The normalized spacial score (nSPS) is 13.8. The van der Waals surface area contributed by atoms with E-state index in [1.54, 1.807) is 54.6 Å². The molecule has 1 fully saturated rings. The van der Waals surface area contributed by atoms with Gasteiger partial charge in [0.25, 0.3) is 0 Å². The minimum Gasteiger partial charge on any atom is -0.372 e. The maximum absolute atomic E-state index is 12.6. The molecule has 0 aliphatic carbocycles. The average Bonchev–Trinajstić information content (AvgIpc) is 2.84. The second-order valence-corrected chi connectivity index (χ2v) is 10.0. The van der Waals surface area contributed by atoms with E-state index in [0.29, 0.717) is 22.5 Å². The van der Waals surface area contributed by atoms with Gasteiger partial charge in [-0.15, -0.1) is 0 Å². The second-order valence-electron chi connectivity index (χ2n) is 8.28. The van der Waals surface area contributed by atoms with Gasteiger partial charge in [-0.05, 0) is 55.7 Å². The van der Waals surface area contributed by atoms with Gasteiger partial charge < -0.3 is 10.2 Å². The molecular weight excluding hydrogens is 450 g/mol. The highest BCUT2D eigenvalue weighted by molar-refractivity contribution is 7.93. The summed E-state index contributed by atoms with van der Waals surface area (Å²) in [6.45, 7) is 2.01. The van der Waals surface area contributed by atoms with E-state index in [2.05, 4.69) is 14.9 Å². The van der Waals surface area contributed by atoms with Gasteiger partial charge in [0.2, 0.25) is 15.9 Å². The molecule has 0 radical (unpaired) electrons. The Kier molecular flexibility index (Phi) is 7.27. The van der Waals surface area contributed by atoms with Crippen molar-refractivity contribution in [2.45, 2.75) is 19.3 Å². The molecule has 0 spiro atoms. The largest absolute Gasteiger partial charge is 0.372 e. The van der Waals surface area contributed by atoms with Crippen molar-refractivity contribution in [3.05, 3.63) is 90.0 Å². The van der Waals surface area contributed by atoms with Crippen LogP contribution in [0.15, 0.2) is 78.9 Å². The Morgan fingerprint density at radius 3 is 2.15 bits per heavy atom. The first-order chi connectivity index (χ1) is 16.4. The van der Waals surface area contributed by atoms with Crippen molar-refractivity contribution >= 4 is 38.8 Å². The van der Waals surface area contributed by atoms with Crippen LogP contribution in [0.1, 0.15) is 35.2 Å². The number of benzene rings is 3. The minimum absolute atomic E-state index is 0.181. The second kappa shape index (κ2) is 10.5. The number of carbonyl (C=O) groups is 2. The lowest BCUT2D eigenvalue weighted by Crippen LogP contribution is -2.29. The number of nitrogens with one attached hydrogen (secondary N) is 2. The number of hydrogen-bond acceptors (Lipinski definition) is 5. The molecule has 0 bridgehead atoms. The van der Waals surface area contributed by atoms with Crippen LogP contribution in [-0.4, -0.2) is 39.0 Å². The molecule has 0 unspecified atom stereocenters. The van der Waals surface area contributed by atoms with Gasteiger partial charge in [0.1, 0.15) is 5.75 Å². The van der Waals surface area contributed by atoms with Crippen molar-refractivity contribution in [3.63, 3.8) is 0 Å². The van der Waals surface area contributed by atoms with Crippen LogP contribution < -0.4 is 14.9 Å². The predicted molar refractivity (Wildman–Crippen MR) is 135 cm³/mol. The molecule has 0 atom stereocenters. The smallest absolute Gasteiger partial charge is 0.241 e. The van der Waals surface area contributed by atoms with Gasteiger partial charge in [-0.2, -0.15) is 0 Å². The highest BCUT2D eigenvalue weighted by atomic mass is 32.2. The van der Waals surface area contributed by atoms with E-state index >= 15 is 0 Å². The fourth-order valence-corrected chi connectivity index (χ4v) is 4.96. The third-order valence-corrected chi connectivity index (χ3v) is 6.82. The Bertz CT molecular complexity index is 1250. The highest BCUT2D eigenvalue weighted by Gasteiger charge is 2.18. The van der Waals surface area contributed by atoms with E-state index in [0.717, 1.165) is 31.6 Å². The molecule has 176 valence electrons. The summed E-state index contributed by atoms with van der Waals surface area (Å²) in [4.78, 5) is 27.3. The van der Waals surface area contributed by atoms with Crippen LogP contribution in [0.5, 0.6) is 0 Å². The average molecular weight is 478 g/mol. The van der Waals surface area contributed by atoms with Crippen molar-refractivity contribution in [3.8, 4) is 0 Å². The van der Waals surface area contributed by atoms with E-state index < -0.39 is 21.7 Å². The summed E-state index contributed by atoms with van der Waals surface area (Å²) in [5.74, 6) is -1.61. The van der Waals surface area contributed by atoms with Crippen LogP contribution in [-0.2, 0) is 14.8 Å². The predicted octanol–water partition coefficient (Wildman–Crippen LogP) is 4.29. The Labute approximate surface area is 199 Å². The topological polar surface area (TPSA) is 95.6 Å². The number of hydrogen-bond donors (Lipinski definition) is 2. The molecule has 4 rings (SSSR count). The van der Waals surface area contributed by atoms with E-state index in [-0.39, 0.29) is 5.78 Å². The lowest BCUT2D eigenvalue weighted by atomic mass is 10.0. The number of nitrogens with zero attached hydrogens (tertiary/aromatic N) is 1. The summed E-state index contributed by atoms with van der Waals surface area (Å²) in [7, 11) is -3.90. The number of piperidine rings is 1. The van der Waals surface area contributed by atoms with Crippen LogP contribution in [0.3, 0.4) is 0 Å². The molecule has 1 heterocycles. The van der Waals surface area contributed by atoms with Gasteiger partial charge in [0.15, 0.2) is 5.78 Å². The zero-order valence-electron chi connectivity index (χ0n) is 18.7. The molecular formula is C26H27N3O4S. The first kappa shape index (κ1) is 23.5. The van der Waals surface area contributed by atoms with Gasteiger partial charge in [0.05, 0.1) is 0 Å². The fourth-order valence-electron chi connectivity index (χ4n) is 3.97. The van der Waals surface area contributed by atoms with E-state index in [9.17, 15) is 18.0 Å². The maximum atomic E-state index is 12.6. The number of carbonyl (C=O) groups excluding carboxylic acids is 2. The third kappa shape index (κ3) is 6.23. The summed E-state index contributed by atoms with van der Waals surface area (Å²) in [5.41, 5.74) is 2.75. The number of ketones is 1. The van der Waals surface area contributed by atoms with Crippen LogP contribution in [0.4, 0.5) is 17.1 Å². The van der Waals surface area contributed by atoms with E-state index in [1.807, 2.05) is 18.2 Å². The third-order valence-electron chi connectivity index (χ3n) is 5.63. The van der Waals surface area contributed by atoms with E-state index in [1.165, 1.54) is 12.5 Å². The standard InChI is InChI=1S/C26H27N3O4S/c30-25(27-23-11-7-10-21(18-23)26(31)20-8-3-1-4-9-20)19-34(32,33)28-22-12-14-24(15-13-22)29-16-5-2-6-17-29/h1,3-4,7-15,18,28H,2,5-6,16-17,19H2,(H,27,30). The molecule has 34 heavy (non-hydrogen) atoms. The van der Waals surface area contributed by atoms with Crippen molar-refractivity contribution in [1.29, 1.82) is 0 Å². The Hall–Kier alpha value is -3.65. The number of sulfonamides is 1.